The van der Waals surface area contributed by atoms with Gasteiger partial charge in [0, 0.05) is 11.8 Å². The zero-order valence-corrected chi connectivity index (χ0v) is 13.0. The summed E-state index contributed by atoms with van der Waals surface area (Å²) in [4.78, 5) is 26.2. The van der Waals surface area contributed by atoms with Gasteiger partial charge in [0.15, 0.2) is 5.78 Å². The molecule has 0 spiro atoms. The van der Waals surface area contributed by atoms with Crippen molar-refractivity contribution < 1.29 is 9.59 Å². The van der Waals surface area contributed by atoms with E-state index in [1.54, 1.807) is 16.9 Å². The fourth-order valence-corrected chi connectivity index (χ4v) is 2.31. The van der Waals surface area contributed by atoms with E-state index in [-0.39, 0.29) is 11.7 Å². The van der Waals surface area contributed by atoms with E-state index in [1.165, 1.54) is 25.4 Å². The minimum atomic E-state index is -0.351. The molecule has 0 aliphatic carbocycles. The largest absolute Gasteiger partial charge is 0.356 e. The van der Waals surface area contributed by atoms with Crippen LogP contribution in [0.15, 0.2) is 48.9 Å². The van der Waals surface area contributed by atoms with Crippen LogP contribution >= 0.6 is 11.6 Å². The SMILES string of the molecule is CC(=O)c1c[nH]c(C(=O)Nc2cnn(-c3ccccc3Cl)c2)c1. The first-order chi connectivity index (χ1) is 11.0. The van der Waals surface area contributed by atoms with Crippen LogP contribution in [-0.2, 0) is 0 Å². The number of H-pyrrole nitrogens is 1. The number of anilines is 1. The molecule has 0 bridgehead atoms. The summed E-state index contributed by atoms with van der Waals surface area (Å²) in [7, 11) is 0. The smallest absolute Gasteiger partial charge is 0.272 e. The molecular weight excluding hydrogens is 316 g/mol. The molecule has 1 aromatic carbocycles. The van der Waals surface area contributed by atoms with Crippen molar-refractivity contribution in [2.24, 2.45) is 0 Å². The Labute approximate surface area is 137 Å². The van der Waals surface area contributed by atoms with Crippen LogP contribution in [0.4, 0.5) is 5.69 Å². The highest BCUT2D eigenvalue weighted by Gasteiger charge is 2.12. The monoisotopic (exact) mass is 328 g/mol. The number of Topliss-reactive ketones (excluding diaryl/α,β-unsaturated/α-hetero) is 1. The molecule has 6 nitrogen and oxygen atoms in total. The quantitative estimate of drug-likeness (QED) is 0.721. The van der Waals surface area contributed by atoms with Crippen molar-refractivity contribution in [2.75, 3.05) is 5.32 Å². The summed E-state index contributed by atoms with van der Waals surface area (Å²) in [6, 6.07) is 8.78. The zero-order chi connectivity index (χ0) is 16.4. The molecular formula is C16H13ClN4O2. The Morgan fingerprint density at radius 1 is 1.30 bits per heavy atom. The highest BCUT2D eigenvalue weighted by atomic mass is 35.5. The Bertz CT molecular complexity index is 882. The number of nitrogens with zero attached hydrogens (tertiary/aromatic N) is 2. The van der Waals surface area contributed by atoms with Gasteiger partial charge in [0.2, 0.25) is 0 Å². The fraction of sp³-hybridized carbons (Fsp3) is 0.0625. The standard InChI is InChI=1S/C16H13ClN4O2/c1-10(22)11-6-14(18-7-11)16(23)20-12-8-19-21(9-12)15-5-3-2-4-13(15)17/h2-9,18H,1H3,(H,20,23). The summed E-state index contributed by atoms with van der Waals surface area (Å²) in [5.74, 6) is -0.456. The summed E-state index contributed by atoms with van der Waals surface area (Å²) in [5, 5.41) is 7.45. The number of rotatable bonds is 4. The molecule has 2 heterocycles. The lowest BCUT2D eigenvalue weighted by Crippen LogP contribution is -2.11. The molecule has 23 heavy (non-hydrogen) atoms. The summed E-state index contributed by atoms with van der Waals surface area (Å²) in [6.07, 6.45) is 4.69. The number of aromatic nitrogens is 3. The van der Waals surface area contributed by atoms with Crippen LogP contribution < -0.4 is 5.32 Å². The molecule has 0 saturated heterocycles. The zero-order valence-electron chi connectivity index (χ0n) is 12.2. The van der Waals surface area contributed by atoms with Crippen LogP contribution in [0, 0.1) is 0 Å². The lowest BCUT2D eigenvalue weighted by Gasteiger charge is -2.03. The van der Waals surface area contributed by atoms with E-state index in [0.717, 1.165) is 0 Å². The number of aromatic amines is 1. The third kappa shape index (κ3) is 3.17. The first kappa shape index (κ1) is 15.1. The average molecular weight is 329 g/mol. The predicted molar refractivity (Wildman–Crippen MR) is 87.3 cm³/mol. The maximum Gasteiger partial charge on any atom is 0.272 e. The second-order valence-electron chi connectivity index (χ2n) is 4.94. The van der Waals surface area contributed by atoms with Gasteiger partial charge in [0.1, 0.15) is 5.69 Å². The predicted octanol–water partition coefficient (Wildman–Crippen LogP) is 3.31. The second kappa shape index (κ2) is 6.10. The molecule has 3 aromatic rings. The second-order valence-corrected chi connectivity index (χ2v) is 5.34. The first-order valence-electron chi connectivity index (χ1n) is 6.85. The van der Waals surface area contributed by atoms with Crippen molar-refractivity contribution in [3.63, 3.8) is 0 Å². The van der Waals surface area contributed by atoms with Crippen molar-refractivity contribution in [1.82, 2.24) is 14.8 Å². The van der Waals surface area contributed by atoms with Gasteiger partial charge >= 0.3 is 0 Å². The van der Waals surface area contributed by atoms with Crippen molar-refractivity contribution in [3.05, 3.63) is 65.2 Å². The number of benzene rings is 1. The van der Waals surface area contributed by atoms with Gasteiger partial charge in [-0.05, 0) is 25.1 Å². The Morgan fingerprint density at radius 3 is 2.78 bits per heavy atom. The van der Waals surface area contributed by atoms with E-state index >= 15 is 0 Å². The van der Waals surface area contributed by atoms with Gasteiger partial charge in [-0.15, -0.1) is 0 Å². The number of ketones is 1. The topological polar surface area (TPSA) is 79.8 Å². The van der Waals surface area contributed by atoms with E-state index in [1.807, 2.05) is 18.2 Å². The molecule has 0 atom stereocenters. The van der Waals surface area contributed by atoms with Crippen LogP contribution in [-0.4, -0.2) is 26.5 Å². The van der Waals surface area contributed by atoms with Gasteiger partial charge in [0.05, 0.1) is 28.8 Å². The minimum absolute atomic E-state index is 0.105. The number of carbonyl (C=O) groups excluding carboxylic acids is 2. The molecule has 1 amide bonds. The maximum atomic E-state index is 12.1. The van der Waals surface area contributed by atoms with E-state index in [2.05, 4.69) is 15.4 Å². The van der Waals surface area contributed by atoms with Gasteiger partial charge < -0.3 is 10.3 Å². The van der Waals surface area contributed by atoms with E-state index in [4.69, 9.17) is 11.6 Å². The molecule has 2 aromatic heterocycles. The number of nitrogens with one attached hydrogen (secondary N) is 2. The van der Waals surface area contributed by atoms with Crippen molar-refractivity contribution in [2.45, 2.75) is 6.92 Å². The number of carbonyl (C=O) groups is 2. The van der Waals surface area contributed by atoms with Crippen LogP contribution in [0.25, 0.3) is 5.69 Å². The van der Waals surface area contributed by atoms with Crippen LogP contribution in [0.2, 0.25) is 5.02 Å². The summed E-state index contributed by atoms with van der Waals surface area (Å²) >= 11 is 6.12. The number of halogens is 1. The van der Waals surface area contributed by atoms with Crippen molar-refractivity contribution in [3.8, 4) is 5.69 Å². The number of hydrogen-bond donors (Lipinski definition) is 2. The van der Waals surface area contributed by atoms with Crippen LogP contribution in [0.5, 0.6) is 0 Å². The highest BCUT2D eigenvalue weighted by Crippen LogP contribution is 2.20. The number of para-hydroxylation sites is 1. The molecule has 7 heteroatoms. The fourth-order valence-electron chi connectivity index (χ4n) is 2.08. The third-order valence-corrected chi connectivity index (χ3v) is 3.59. The van der Waals surface area contributed by atoms with E-state index in [0.29, 0.717) is 27.7 Å². The molecule has 0 aliphatic rings. The molecule has 0 aliphatic heterocycles. The number of amides is 1. The molecule has 0 fully saturated rings. The first-order valence-corrected chi connectivity index (χ1v) is 7.22. The van der Waals surface area contributed by atoms with Crippen molar-refractivity contribution >= 4 is 29.0 Å². The Balaban J connectivity index is 1.77. The molecule has 0 saturated carbocycles. The van der Waals surface area contributed by atoms with E-state index < -0.39 is 0 Å². The third-order valence-electron chi connectivity index (χ3n) is 3.27. The van der Waals surface area contributed by atoms with Crippen LogP contribution in [0.1, 0.15) is 27.8 Å². The minimum Gasteiger partial charge on any atom is -0.356 e. The Morgan fingerprint density at radius 2 is 2.09 bits per heavy atom. The lowest BCUT2D eigenvalue weighted by atomic mass is 10.2. The van der Waals surface area contributed by atoms with Crippen molar-refractivity contribution in [1.29, 1.82) is 0 Å². The van der Waals surface area contributed by atoms with Gasteiger partial charge in [-0.1, -0.05) is 23.7 Å². The van der Waals surface area contributed by atoms with E-state index in [9.17, 15) is 9.59 Å². The Hall–Kier alpha value is -2.86. The number of hydrogen-bond acceptors (Lipinski definition) is 3. The summed E-state index contributed by atoms with van der Waals surface area (Å²) in [6.45, 7) is 1.44. The Kier molecular flexibility index (Phi) is 3.99. The molecule has 0 unspecified atom stereocenters. The molecule has 116 valence electrons. The lowest BCUT2D eigenvalue weighted by molar-refractivity contribution is 0.101. The van der Waals surface area contributed by atoms with Gasteiger partial charge in [0.25, 0.3) is 5.91 Å². The van der Waals surface area contributed by atoms with Gasteiger partial charge in [-0.3, -0.25) is 9.59 Å². The van der Waals surface area contributed by atoms with Gasteiger partial charge in [-0.2, -0.15) is 5.10 Å². The summed E-state index contributed by atoms with van der Waals surface area (Å²) in [5.41, 5.74) is 2.00. The van der Waals surface area contributed by atoms with Gasteiger partial charge in [-0.25, -0.2) is 4.68 Å². The molecule has 3 rings (SSSR count). The normalized spacial score (nSPS) is 10.5. The molecule has 2 N–H and O–H groups in total. The average Bonchev–Trinajstić information content (AvgIpc) is 3.16. The highest BCUT2D eigenvalue weighted by molar-refractivity contribution is 6.32. The molecule has 0 radical (unpaired) electrons. The van der Waals surface area contributed by atoms with Crippen LogP contribution in [0.3, 0.4) is 0 Å². The maximum absolute atomic E-state index is 12.1. The summed E-state index contributed by atoms with van der Waals surface area (Å²) < 4.78 is 1.58.